The Morgan fingerprint density at radius 1 is 1.40 bits per heavy atom. The number of carbonyl (C=O) groups excluding carboxylic acids is 1. The van der Waals surface area contributed by atoms with E-state index in [2.05, 4.69) is 5.16 Å². The summed E-state index contributed by atoms with van der Waals surface area (Å²) in [5, 5.41) is 4.01. The van der Waals surface area contributed by atoms with Gasteiger partial charge in [0.1, 0.15) is 17.3 Å². The lowest BCUT2D eigenvalue weighted by Crippen LogP contribution is -2.30. The molecule has 2 aromatic rings. The molecule has 2 heterocycles. The zero-order valence-electron chi connectivity index (χ0n) is 11.2. The van der Waals surface area contributed by atoms with E-state index in [9.17, 15) is 9.18 Å². The predicted octanol–water partition coefficient (Wildman–Crippen LogP) is 3.10. The van der Waals surface area contributed by atoms with Gasteiger partial charge in [-0.2, -0.15) is 0 Å². The summed E-state index contributed by atoms with van der Waals surface area (Å²) in [5.74, 6) is 0.306. The van der Waals surface area contributed by atoms with Crippen molar-refractivity contribution in [3.05, 3.63) is 53.2 Å². The smallest absolute Gasteiger partial charge is 0.254 e. The first-order valence-corrected chi connectivity index (χ1v) is 6.65. The molecule has 0 radical (unpaired) electrons. The summed E-state index contributed by atoms with van der Waals surface area (Å²) in [4.78, 5) is 14.3. The second-order valence-electron chi connectivity index (χ2n) is 5.03. The molecule has 1 aromatic heterocycles. The van der Waals surface area contributed by atoms with Crippen molar-refractivity contribution >= 4 is 5.91 Å². The number of rotatable bonds is 2. The molecule has 0 aliphatic carbocycles. The van der Waals surface area contributed by atoms with E-state index in [0.717, 1.165) is 24.3 Å². The molecule has 0 spiro atoms. The number of halogens is 1. The maximum Gasteiger partial charge on any atom is 0.254 e. The summed E-state index contributed by atoms with van der Waals surface area (Å²) in [5.41, 5.74) is 1.29. The third-order valence-corrected chi connectivity index (χ3v) is 3.59. The van der Waals surface area contributed by atoms with Crippen molar-refractivity contribution in [2.75, 3.05) is 6.54 Å². The van der Waals surface area contributed by atoms with Crippen molar-refractivity contribution < 1.29 is 13.7 Å². The number of nitrogens with zero attached hydrogens (tertiary/aromatic N) is 2. The largest absolute Gasteiger partial charge is 0.361 e. The number of aromatic nitrogens is 1. The van der Waals surface area contributed by atoms with Gasteiger partial charge in [-0.05, 0) is 44.0 Å². The van der Waals surface area contributed by atoms with Gasteiger partial charge in [-0.3, -0.25) is 4.79 Å². The van der Waals surface area contributed by atoms with Crippen molar-refractivity contribution in [2.45, 2.75) is 25.8 Å². The lowest BCUT2D eigenvalue weighted by molar-refractivity contribution is 0.0731. The highest BCUT2D eigenvalue weighted by molar-refractivity contribution is 5.94. The van der Waals surface area contributed by atoms with Gasteiger partial charge < -0.3 is 9.42 Å². The molecular weight excluding hydrogens is 259 g/mol. The van der Waals surface area contributed by atoms with Crippen molar-refractivity contribution in [3.8, 4) is 0 Å². The predicted molar refractivity (Wildman–Crippen MR) is 70.7 cm³/mol. The van der Waals surface area contributed by atoms with Crippen molar-refractivity contribution in [1.29, 1.82) is 0 Å². The molecule has 1 aliphatic rings. The number of likely N-dealkylation sites (tertiary alicyclic amines) is 1. The van der Waals surface area contributed by atoms with Crippen LogP contribution in [0, 0.1) is 12.7 Å². The summed E-state index contributed by atoms with van der Waals surface area (Å²) in [6, 6.07) is 7.45. The molecule has 4 nitrogen and oxygen atoms in total. The van der Waals surface area contributed by atoms with E-state index in [4.69, 9.17) is 4.52 Å². The van der Waals surface area contributed by atoms with Crippen LogP contribution >= 0.6 is 0 Å². The highest BCUT2D eigenvalue weighted by Gasteiger charge is 2.32. The van der Waals surface area contributed by atoms with Gasteiger partial charge in [0.05, 0.1) is 6.04 Å². The SMILES string of the molecule is Cc1cc(C2CCCN2C(=O)c2ccc(F)cc2)no1. The fourth-order valence-corrected chi connectivity index (χ4v) is 2.62. The third-order valence-electron chi connectivity index (χ3n) is 3.59. The number of hydrogen-bond acceptors (Lipinski definition) is 3. The Balaban J connectivity index is 1.85. The second kappa shape index (κ2) is 5.07. The summed E-state index contributed by atoms with van der Waals surface area (Å²) in [6.45, 7) is 2.52. The number of benzene rings is 1. The lowest BCUT2D eigenvalue weighted by Gasteiger charge is -2.23. The molecule has 1 aromatic carbocycles. The molecule has 1 fully saturated rings. The molecule has 3 rings (SSSR count). The molecule has 1 atom stereocenters. The number of carbonyl (C=O) groups is 1. The summed E-state index contributed by atoms with van der Waals surface area (Å²) in [7, 11) is 0. The first-order valence-electron chi connectivity index (χ1n) is 6.65. The van der Waals surface area contributed by atoms with Gasteiger partial charge >= 0.3 is 0 Å². The average Bonchev–Trinajstić information content (AvgIpc) is 3.07. The molecule has 0 N–H and O–H groups in total. The van der Waals surface area contributed by atoms with Gasteiger partial charge in [0, 0.05) is 18.2 Å². The van der Waals surface area contributed by atoms with Crippen molar-refractivity contribution in [1.82, 2.24) is 10.1 Å². The fourth-order valence-electron chi connectivity index (χ4n) is 2.62. The van der Waals surface area contributed by atoms with Gasteiger partial charge in [-0.25, -0.2) is 4.39 Å². The van der Waals surface area contributed by atoms with E-state index in [1.165, 1.54) is 24.3 Å². The second-order valence-corrected chi connectivity index (χ2v) is 5.03. The minimum Gasteiger partial charge on any atom is -0.361 e. The Bertz CT molecular complexity index is 621. The summed E-state index contributed by atoms with van der Waals surface area (Å²) in [6.07, 6.45) is 1.81. The molecule has 20 heavy (non-hydrogen) atoms. The fraction of sp³-hybridized carbons (Fsp3) is 0.333. The Labute approximate surface area is 116 Å². The highest BCUT2D eigenvalue weighted by atomic mass is 19.1. The molecule has 0 saturated carbocycles. The van der Waals surface area contributed by atoms with Crippen molar-refractivity contribution in [2.24, 2.45) is 0 Å². The molecule has 0 bridgehead atoms. The zero-order chi connectivity index (χ0) is 14.1. The van der Waals surface area contributed by atoms with Gasteiger partial charge in [-0.15, -0.1) is 0 Å². The van der Waals surface area contributed by atoms with Crippen LogP contribution in [0.2, 0.25) is 0 Å². The summed E-state index contributed by atoms with van der Waals surface area (Å²) < 4.78 is 18.0. The Morgan fingerprint density at radius 3 is 2.80 bits per heavy atom. The molecule has 1 aliphatic heterocycles. The van der Waals surface area contributed by atoms with E-state index in [1.807, 2.05) is 13.0 Å². The average molecular weight is 274 g/mol. The topological polar surface area (TPSA) is 46.3 Å². The van der Waals surface area contributed by atoms with E-state index in [1.54, 1.807) is 4.90 Å². The molecular formula is C15H15FN2O2. The first-order chi connectivity index (χ1) is 9.65. The Hall–Kier alpha value is -2.17. The minimum atomic E-state index is -0.341. The third kappa shape index (κ3) is 2.31. The van der Waals surface area contributed by atoms with Crippen LogP contribution in [0.3, 0.4) is 0 Å². The number of amides is 1. The van der Waals surface area contributed by atoms with Crippen LogP contribution in [0.5, 0.6) is 0 Å². The van der Waals surface area contributed by atoms with Crippen LogP contribution in [0.4, 0.5) is 4.39 Å². The molecule has 5 heteroatoms. The van der Waals surface area contributed by atoms with E-state index < -0.39 is 0 Å². The maximum atomic E-state index is 12.9. The first kappa shape index (κ1) is 12.8. The Morgan fingerprint density at radius 2 is 2.15 bits per heavy atom. The number of aryl methyl sites for hydroxylation is 1. The Kier molecular flexibility index (Phi) is 3.26. The zero-order valence-corrected chi connectivity index (χ0v) is 11.2. The molecule has 1 unspecified atom stereocenters. The summed E-state index contributed by atoms with van der Waals surface area (Å²) >= 11 is 0. The molecule has 104 valence electrons. The maximum absolute atomic E-state index is 12.9. The van der Waals surface area contributed by atoms with Crippen LogP contribution in [0.1, 0.15) is 40.7 Å². The van der Waals surface area contributed by atoms with Crippen molar-refractivity contribution in [3.63, 3.8) is 0 Å². The van der Waals surface area contributed by atoms with E-state index in [-0.39, 0.29) is 17.8 Å². The van der Waals surface area contributed by atoms with Crippen LogP contribution in [0.15, 0.2) is 34.9 Å². The van der Waals surface area contributed by atoms with Crippen LogP contribution in [-0.2, 0) is 0 Å². The monoisotopic (exact) mass is 274 g/mol. The lowest BCUT2D eigenvalue weighted by atomic mass is 10.1. The minimum absolute atomic E-state index is 0.0509. The van der Waals surface area contributed by atoms with Crippen LogP contribution in [0.25, 0.3) is 0 Å². The highest BCUT2D eigenvalue weighted by Crippen LogP contribution is 2.32. The van der Waals surface area contributed by atoms with Crippen LogP contribution in [-0.4, -0.2) is 22.5 Å². The van der Waals surface area contributed by atoms with Gasteiger partial charge in [0.2, 0.25) is 0 Å². The molecule has 1 saturated heterocycles. The van der Waals surface area contributed by atoms with Gasteiger partial charge in [-0.1, -0.05) is 5.16 Å². The van der Waals surface area contributed by atoms with E-state index in [0.29, 0.717) is 12.1 Å². The van der Waals surface area contributed by atoms with Crippen LogP contribution < -0.4 is 0 Å². The van der Waals surface area contributed by atoms with Gasteiger partial charge in [0.15, 0.2) is 0 Å². The standard InChI is InChI=1S/C15H15FN2O2/c1-10-9-13(17-20-10)14-3-2-8-18(14)15(19)11-4-6-12(16)7-5-11/h4-7,9,14H,2-3,8H2,1H3. The quantitative estimate of drug-likeness (QED) is 0.845. The van der Waals surface area contributed by atoms with Gasteiger partial charge in [0.25, 0.3) is 5.91 Å². The van der Waals surface area contributed by atoms with E-state index >= 15 is 0 Å². The molecule has 1 amide bonds. The number of hydrogen-bond donors (Lipinski definition) is 0. The normalized spacial score (nSPS) is 18.5.